The number of hydrogen-bond acceptors (Lipinski definition) is 5. The molecule has 2 N–H and O–H groups in total. The number of nitrogens with two attached hydrogens (primary N) is 1. The van der Waals surface area contributed by atoms with Crippen LogP contribution < -0.4 is 5.73 Å². The van der Waals surface area contributed by atoms with Crippen LogP contribution in [0, 0.1) is 10.1 Å². The van der Waals surface area contributed by atoms with Crippen molar-refractivity contribution >= 4 is 23.0 Å². The Bertz CT molecular complexity index is 834. The smallest absolute Gasteiger partial charge is 0.292 e. The normalized spacial score (nSPS) is 12.0. The van der Waals surface area contributed by atoms with Crippen LogP contribution in [0.5, 0.6) is 0 Å². The van der Waals surface area contributed by atoms with Gasteiger partial charge in [-0.25, -0.2) is 9.67 Å². The van der Waals surface area contributed by atoms with E-state index in [0.29, 0.717) is 10.6 Å². The van der Waals surface area contributed by atoms with Gasteiger partial charge in [0.15, 0.2) is 0 Å². The van der Waals surface area contributed by atoms with E-state index in [9.17, 15) is 10.1 Å². The summed E-state index contributed by atoms with van der Waals surface area (Å²) in [6.07, 6.45) is 2.97. The van der Waals surface area contributed by atoms with Crippen molar-refractivity contribution in [3.8, 4) is 0 Å². The molecule has 23 heavy (non-hydrogen) atoms. The van der Waals surface area contributed by atoms with Gasteiger partial charge in [0.25, 0.3) is 5.69 Å². The number of halogens is 1. The first-order chi connectivity index (χ1) is 11.1. The highest BCUT2D eigenvalue weighted by molar-refractivity contribution is 6.30. The van der Waals surface area contributed by atoms with Crippen LogP contribution in [0.25, 0.3) is 0 Å². The molecule has 3 rings (SSSR count). The molecule has 0 aliphatic heterocycles. The average molecular weight is 330 g/mol. The third kappa shape index (κ3) is 3.00. The molecule has 2 aromatic carbocycles. The van der Waals surface area contributed by atoms with Crippen LogP contribution in [0.1, 0.15) is 17.2 Å². The van der Waals surface area contributed by atoms with E-state index in [-0.39, 0.29) is 17.4 Å². The number of nitro benzene ring substituents is 1. The summed E-state index contributed by atoms with van der Waals surface area (Å²) >= 11 is 5.93. The van der Waals surface area contributed by atoms with Crippen LogP contribution in [0.2, 0.25) is 5.02 Å². The second-order valence-electron chi connectivity index (χ2n) is 4.90. The summed E-state index contributed by atoms with van der Waals surface area (Å²) in [4.78, 5) is 14.6. The maximum Gasteiger partial charge on any atom is 0.292 e. The molecule has 0 radical (unpaired) electrons. The van der Waals surface area contributed by atoms with Gasteiger partial charge < -0.3 is 5.73 Å². The van der Waals surface area contributed by atoms with E-state index in [1.54, 1.807) is 29.2 Å². The first kappa shape index (κ1) is 15.0. The Kier molecular flexibility index (Phi) is 3.94. The van der Waals surface area contributed by atoms with Crippen molar-refractivity contribution in [3.05, 3.63) is 81.4 Å². The van der Waals surface area contributed by atoms with Crippen molar-refractivity contribution < 1.29 is 4.92 Å². The maximum absolute atomic E-state index is 11.1. The van der Waals surface area contributed by atoms with Crippen molar-refractivity contribution in [2.45, 2.75) is 6.04 Å². The number of rotatable bonds is 4. The van der Waals surface area contributed by atoms with Crippen LogP contribution in [-0.4, -0.2) is 19.7 Å². The quantitative estimate of drug-likeness (QED) is 0.450. The van der Waals surface area contributed by atoms with Gasteiger partial charge in [-0.15, -0.1) is 0 Å². The molecule has 0 fully saturated rings. The minimum Gasteiger partial charge on any atom is -0.393 e. The van der Waals surface area contributed by atoms with Crippen molar-refractivity contribution in [2.75, 3.05) is 5.73 Å². The molecule has 0 bridgehead atoms. The second-order valence-corrected chi connectivity index (χ2v) is 5.34. The lowest BCUT2D eigenvalue weighted by Crippen LogP contribution is -2.13. The molecule has 3 aromatic rings. The molecule has 7 nitrogen and oxygen atoms in total. The molecule has 0 aliphatic carbocycles. The largest absolute Gasteiger partial charge is 0.393 e. The first-order valence-electron chi connectivity index (χ1n) is 6.69. The summed E-state index contributed by atoms with van der Waals surface area (Å²) in [7, 11) is 0. The summed E-state index contributed by atoms with van der Waals surface area (Å²) in [5.41, 5.74) is 7.21. The molecular weight excluding hydrogens is 318 g/mol. The average Bonchev–Trinajstić information content (AvgIpc) is 3.05. The van der Waals surface area contributed by atoms with E-state index in [0.717, 1.165) is 5.56 Å². The van der Waals surface area contributed by atoms with Gasteiger partial charge >= 0.3 is 0 Å². The molecule has 1 unspecified atom stereocenters. The number of nitrogen functional groups attached to an aromatic ring is 1. The lowest BCUT2D eigenvalue weighted by Gasteiger charge is -2.18. The minimum absolute atomic E-state index is 0.118. The number of hydrogen-bond donors (Lipinski definition) is 1. The zero-order valence-corrected chi connectivity index (χ0v) is 12.6. The van der Waals surface area contributed by atoms with Crippen molar-refractivity contribution in [1.29, 1.82) is 0 Å². The topological polar surface area (TPSA) is 99.9 Å². The predicted molar refractivity (Wildman–Crippen MR) is 86.2 cm³/mol. The molecule has 1 atom stereocenters. The molecule has 0 spiro atoms. The standard InChI is InChI=1S/C15H12ClN5O2/c16-12-4-1-10(2-5-12)15(20-9-18-8-19-20)11-3-6-13(17)14(7-11)21(22)23/h1-9,15H,17H2. The molecule has 0 amide bonds. The zero-order valence-electron chi connectivity index (χ0n) is 11.8. The molecule has 0 saturated carbocycles. The van der Waals surface area contributed by atoms with Crippen LogP contribution >= 0.6 is 11.6 Å². The Hall–Kier alpha value is -2.93. The molecule has 116 valence electrons. The first-order valence-corrected chi connectivity index (χ1v) is 7.07. The minimum atomic E-state index is -0.501. The van der Waals surface area contributed by atoms with Crippen LogP contribution in [0.3, 0.4) is 0 Å². The number of benzene rings is 2. The van der Waals surface area contributed by atoms with E-state index < -0.39 is 4.92 Å². The zero-order chi connectivity index (χ0) is 16.4. The number of aromatic nitrogens is 3. The van der Waals surface area contributed by atoms with Gasteiger partial charge in [0, 0.05) is 11.1 Å². The van der Waals surface area contributed by atoms with Crippen LogP contribution in [0.4, 0.5) is 11.4 Å². The molecule has 1 aromatic heterocycles. The lowest BCUT2D eigenvalue weighted by molar-refractivity contribution is -0.384. The molecular formula is C15H12ClN5O2. The molecule has 0 saturated heterocycles. The van der Waals surface area contributed by atoms with Gasteiger partial charge in [0.05, 0.1) is 4.92 Å². The molecule has 1 heterocycles. The molecule has 0 aliphatic rings. The number of nitrogens with zero attached hydrogens (tertiary/aromatic N) is 4. The highest BCUT2D eigenvalue weighted by Crippen LogP contribution is 2.31. The number of nitro groups is 1. The van der Waals surface area contributed by atoms with Crippen LogP contribution in [-0.2, 0) is 0 Å². The van der Waals surface area contributed by atoms with Gasteiger partial charge in [0.1, 0.15) is 24.4 Å². The Labute approximate surface area is 136 Å². The van der Waals surface area contributed by atoms with Crippen molar-refractivity contribution in [1.82, 2.24) is 14.8 Å². The second kappa shape index (κ2) is 6.05. The number of anilines is 1. The van der Waals surface area contributed by atoms with E-state index in [2.05, 4.69) is 10.1 Å². The van der Waals surface area contributed by atoms with Crippen LogP contribution in [0.15, 0.2) is 55.1 Å². The summed E-state index contributed by atoms with van der Waals surface area (Å²) in [5, 5.41) is 15.9. The van der Waals surface area contributed by atoms with Crippen molar-refractivity contribution in [2.24, 2.45) is 0 Å². The summed E-state index contributed by atoms with van der Waals surface area (Å²) in [6.45, 7) is 0. The van der Waals surface area contributed by atoms with Gasteiger partial charge in [-0.1, -0.05) is 29.8 Å². The monoisotopic (exact) mass is 329 g/mol. The van der Waals surface area contributed by atoms with E-state index in [4.69, 9.17) is 17.3 Å². The fourth-order valence-corrected chi connectivity index (χ4v) is 2.51. The highest BCUT2D eigenvalue weighted by atomic mass is 35.5. The fourth-order valence-electron chi connectivity index (χ4n) is 2.38. The van der Waals surface area contributed by atoms with Crippen molar-refractivity contribution in [3.63, 3.8) is 0 Å². The van der Waals surface area contributed by atoms with Gasteiger partial charge in [-0.3, -0.25) is 10.1 Å². The Balaban J connectivity index is 2.15. The summed E-state index contributed by atoms with van der Waals surface area (Å²) < 4.78 is 1.62. The highest BCUT2D eigenvalue weighted by Gasteiger charge is 2.21. The summed E-state index contributed by atoms with van der Waals surface area (Å²) in [5.74, 6) is 0. The van der Waals surface area contributed by atoms with Gasteiger partial charge in [-0.05, 0) is 29.3 Å². The van der Waals surface area contributed by atoms with E-state index >= 15 is 0 Å². The SMILES string of the molecule is Nc1ccc(C(c2ccc(Cl)cc2)n2cncn2)cc1[N+](=O)[O-]. The van der Waals surface area contributed by atoms with Gasteiger partial charge in [-0.2, -0.15) is 5.10 Å². The van der Waals surface area contributed by atoms with Gasteiger partial charge in [0.2, 0.25) is 0 Å². The maximum atomic E-state index is 11.1. The third-order valence-electron chi connectivity index (χ3n) is 3.45. The van der Waals surface area contributed by atoms with E-state index in [1.165, 1.54) is 18.5 Å². The summed E-state index contributed by atoms with van der Waals surface area (Å²) in [6, 6.07) is 11.5. The Morgan fingerprint density at radius 2 is 1.87 bits per heavy atom. The predicted octanol–water partition coefficient (Wildman–Crippen LogP) is 3.06. The Morgan fingerprint density at radius 1 is 1.17 bits per heavy atom. The third-order valence-corrected chi connectivity index (χ3v) is 3.71. The molecule has 8 heteroatoms. The Morgan fingerprint density at radius 3 is 2.48 bits per heavy atom. The lowest BCUT2D eigenvalue weighted by atomic mass is 9.98. The van der Waals surface area contributed by atoms with E-state index in [1.807, 2.05) is 12.1 Å². The fraction of sp³-hybridized carbons (Fsp3) is 0.0667.